The lowest BCUT2D eigenvalue weighted by atomic mass is 9.97. The van der Waals surface area contributed by atoms with Gasteiger partial charge in [0.25, 0.3) is 0 Å². The molecule has 0 aliphatic heterocycles. The van der Waals surface area contributed by atoms with Crippen LogP contribution in [0.4, 0.5) is 0 Å². The Morgan fingerprint density at radius 2 is 2.11 bits per heavy atom. The number of carbonyl (C=O) groups is 1. The summed E-state index contributed by atoms with van der Waals surface area (Å²) < 4.78 is 10.1. The van der Waals surface area contributed by atoms with E-state index in [1.807, 2.05) is 7.05 Å². The van der Waals surface area contributed by atoms with Crippen LogP contribution in [0.25, 0.3) is 0 Å². The summed E-state index contributed by atoms with van der Waals surface area (Å²) in [5, 5.41) is 0. The highest BCUT2D eigenvalue weighted by Gasteiger charge is 2.29. The number of hydrogen-bond donors (Lipinski definition) is 1. The summed E-state index contributed by atoms with van der Waals surface area (Å²) >= 11 is 0. The molecule has 0 spiro atoms. The Bertz CT molecular complexity index is 244. The summed E-state index contributed by atoms with van der Waals surface area (Å²) in [5.74, 6) is -0.322. The zero-order valence-electron chi connectivity index (χ0n) is 12.4. The fourth-order valence-corrected chi connectivity index (χ4v) is 1.68. The van der Waals surface area contributed by atoms with Crippen molar-refractivity contribution in [2.45, 2.75) is 45.2 Å². The van der Waals surface area contributed by atoms with E-state index < -0.39 is 5.54 Å². The fraction of sp³-hybridized carbons (Fsp3) is 0.923. The quantitative estimate of drug-likeness (QED) is 0.627. The molecule has 0 saturated heterocycles. The molecule has 108 valence electrons. The Balaban J connectivity index is 3.98. The first-order valence-electron chi connectivity index (χ1n) is 6.50. The second-order valence-electron chi connectivity index (χ2n) is 5.03. The molecule has 0 rings (SSSR count). The summed E-state index contributed by atoms with van der Waals surface area (Å²) in [6.07, 6.45) is 1.48. The minimum Gasteiger partial charge on any atom is -0.465 e. The molecule has 0 aliphatic rings. The number of nitrogens with two attached hydrogens (primary N) is 1. The standard InChI is InChI=1S/C13H28N2O3/c1-6-18-12(16)13(3,14)8-7-9-15(4)11(2)10-17-5/h11H,6-10,14H2,1-5H3. The summed E-state index contributed by atoms with van der Waals surface area (Å²) in [6.45, 7) is 7.58. The Morgan fingerprint density at radius 1 is 1.50 bits per heavy atom. The van der Waals surface area contributed by atoms with Crippen LogP contribution in [0.5, 0.6) is 0 Å². The lowest BCUT2D eigenvalue weighted by Gasteiger charge is -2.26. The van der Waals surface area contributed by atoms with Gasteiger partial charge < -0.3 is 20.1 Å². The van der Waals surface area contributed by atoms with Crippen LogP contribution >= 0.6 is 0 Å². The van der Waals surface area contributed by atoms with Gasteiger partial charge in [0.1, 0.15) is 5.54 Å². The summed E-state index contributed by atoms with van der Waals surface area (Å²) in [6, 6.07) is 0.363. The minimum absolute atomic E-state index is 0.322. The summed E-state index contributed by atoms with van der Waals surface area (Å²) in [5.41, 5.74) is 5.06. The molecule has 0 aliphatic carbocycles. The van der Waals surface area contributed by atoms with Gasteiger partial charge in [-0.25, -0.2) is 0 Å². The highest BCUT2D eigenvalue weighted by Crippen LogP contribution is 2.12. The first-order chi connectivity index (χ1) is 8.35. The van der Waals surface area contributed by atoms with Gasteiger partial charge in [-0.05, 0) is 47.2 Å². The van der Waals surface area contributed by atoms with Gasteiger partial charge in [-0.2, -0.15) is 0 Å². The third-order valence-corrected chi connectivity index (χ3v) is 3.11. The van der Waals surface area contributed by atoms with Crippen LogP contribution in [0.2, 0.25) is 0 Å². The van der Waals surface area contributed by atoms with E-state index in [1.54, 1.807) is 21.0 Å². The van der Waals surface area contributed by atoms with Crippen LogP contribution in [-0.2, 0) is 14.3 Å². The van der Waals surface area contributed by atoms with Gasteiger partial charge in [-0.1, -0.05) is 0 Å². The third kappa shape index (κ3) is 6.33. The van der Waals surface area contributed by atoms with Crippen LogP contribution in [0.15, 0.2) is 0 Å². The van der Waals surface area contributed by atoms with Crippen molar-refractivity contribution in [3.63, 3.8) is 0 Å². The lowest BCUT2D eigenvalue weighted by Crippen LogP contribution is -2.46. The lowest BCUT2D eigenvalue weighted by molar-refractivity contribution is -0.149. The molecule has 2 unspecified atom stereocenters. The van der Waals surface area contributed by atoms with Crippen LogP contribution in [0, 0.1) is 0 Å². The Hall–Kier alpha value is -0.650. The van der Waals surface area contributed by atoms with Gasteiger partial charge in [0.15, 0.2) is 0 Å². The summed E-state index contributed by atoms with van der Waals surface area (Å²) in [4.78, 5) is 13.8. The molecule has 0 saturated carbocycles. The van der Waals surface area contributed by atoms with E-state index in [2.05, 4.69) is 11.8 Å². The third-order valence-electron chi connectivity index (χ3n) is 3.11. The van der Waals surface area contributed by atoms with E-state index in [-0.39, 0.29) is 5.97 Å². The predicted octanol–water partition coefficient (Wildman–Crippen LogP) is 1.01. The van der Waals surface area contributed by atoms with Gasteiger partial charge in [0.2, 0.25) is 0 Å². The van der Waals surface area contributed by atoms with E-state index in [0.717, 1.165) is 13.0 Å². The normalized spacial score (nSPS) is 16.4. The number of likely N-dealkylation sites (N-methyl/N-ethyl adjacent to an activating group) is 1. The Labute approximate surface area is 111 Å². The van der Waals surface area contributed by atoms with Gasteiger partial charge in [0, 0.05) is 13.2 Å². The van der Waals surface area contributed by atoms with Gasteiger partial charge in [0.05, 0.1) is 13.2 Å². The number of nitrogens with zero attached hydrogens (tertiary/aromatic N) is 1. The molecule has 0 bridgehead atoms. The van der Waals surface area contributed by atoms with Crippen molar-refractivity contribution in [2.24, 2.45) is 5.73 Å². The molecular formula is C13H28N2O3. The molecule has 0 heterocycles. The number of hydrogen-bond acceptors (Lipinski definition) is 5. The molecule has 0 fully saturated rings. The topological polar surface area (TPSA) is 64.8 Å². The van der Waals surface area contributed by atoms with Gasteiger partial charge in [-0.3, -0.25) is 4.79 Å². The Kier molecular flexibility index (Phi) is 8.15. The van der Waals surface area contributed by atoms with Crippen molar-refractivity contribution < 1.29 is 14.3 Å². The molecule has 2 atom stereocenters. The Morgan fingerprint density at radius 3 is 2.61 bits per heavy atom. The van der Waals surface area contributed by atoms with Crippen molar-refractivity contribution in [1.82, 2.24) is 4.90 Å². The highest BCUT2D eigenvalue weighted by atomic mass is 16.5. The van der Waals surface area contributed by atoms with Crippen molar-refractivity contribution >= 4 is 5.97 Å². The van der Waals surface area contributed by atoms with Gasteiger partial charge >= 0.3 is 5.97 Å². The molecule has 0 aromatic rings. The van der Waals surface area contributed by atoms with Crippen LogP contribution < -0.4 is 5.73 Å². The molecule has 0 radical (unpaired) electrons. The van der Waals surface area contributed by atoms with Crippen molar-refractivity contribution in [3.05, 3.63) is 0 Å². The van der Waals surface area contributed by atoms with Crippen molar-refractivity contribution in [1.29, 1.82) is 0 Å². The van der Waals surface area contributed by atoms with E-state index in [9.17, 15) is 4.79 Å². The number of methoxy groups -OCH3 is 1. The second-order valence-corrected chi connectivity index (χ2v) is 5.03. The smallest absolute Gasteiger partial charge is 0.325 e. The van der Waals surface area contributed by atoms with Gasteiger partial charge in [-0.15, -0.1) is 0 Å². The predicted molar refractivity (Wildman–Crippen MR) is 72.4 cm³/mol. The molecule has 18 heavy (non-hydrogen) atoms. The number of ether oxygens (including phenoxy) is 2. The maximum absolute atomic E-state index is 11.6. The molecule has 0 amide bonds. The fourth-order valence-electron chi connectivity index (χ4n) is 1.68. The zero-order valence-corrected chi connectivity index (χ0v) is 12.4. The van der Waals surface area contributed by atoms with Crippen molar-refractivity contribution in [2.75, 3.05) is 33.9 Å². The SMILES string of the molecule is CCOC(=O)C(C)(N)CCCN(C)C(C)COC. The minimum atomic E-state index is -0.888. The van der Waals surface area contributed by atoms with E-state index in [1.165, 1.54) is 0 Å². The molecular weight excluding hydrogens is 232 g/mol. The van der Waals surface area contributed by atoms with E-state index in [0.29, 0.717) is 25.7 Å². The molecule has 0 aromatic heterocycles. The van der Waals surface area contributed by atoms with E-state index >= 15 is 0 Å². The first-order valence-corrected chi connectivity index (χ1v) is 6.50. The number of carbonyl (C=O) groups excluding carboxylic acids is 1. The monoisotopic (exact) mass is 260 g/mol. The number of rotatable bonds is 9. The molecule has 5 heteroatoms. The molecule has 0 aromatic carbocycles. The first kappa shape index (κ1) is 17.4. The maximum atomic E-state index is 11.6. The second kappa shape index (κ2) is 8.45. The van der Waals surface area contributed by atoms with Crippen LogP contribution in [0.1, 0.15) is 33.6 Å². The highest BCUT2D eigenvalue weighted by molar-refractivity contribution is 5.79. The number of esters is 1. The molecule has 2 N–H and O–H groups in total. The van der Waals surface area contributed by atoms with Crippen LogP contribution in [0.3, 0.4) is 0 Å². The average molecular weight is 260 g/mol. The summed E-state index contributed by atoms with van der Waals surface area (Å²) in [7, 11) is 3.74. The van der Waals surface area contributed by atoms with Crippen LogP contribution in [-0.4, -0.2) is 56.4 Å². The molecule has 5 nitrogen and oxygen atoms in total. The van der Waals surface area contributed by atoms with E-state index in [4.69, 9.17) is 15.2 Å². The average Bonchev–Trinajstić information content (AvgIpc) is 2.29. The van der Waals surface area contributed by atoms with Crippen molar-refractivity contribution in [3.8, 4) is 0 Å². The maximum Gasteiger partial charge on any atom is 0.325 e. The largest absolute Gasteiger partial charge is 0.465 e. The zero-order chi connectivity index (χ0) is 14.2.